The number of halogens is 2. The summed E-state index contributed by atoms with van der Waals surface area (Å²) in [6, 6.07) is 4.68. The van der Waals surface area contributed by atoms with Gasteiger partial charge in [0.15, 0.2) is 0 Å². The summed E-state index contributed by atoms with van der Waals surface area (Å²) in [5.74, 6) is 0.156. The maximum Gasteiger partial charge on any atom is 0.124 e. The molecule has 0 aromatic heterocycles. The van der Waals surface area contributed by atoms with Gasteiger partial charge in [-0.25, -0.2) is 4.39 Å². The quantitative estimate of drug-likeness (QED) is 0.818. The van der Waals surface area contributed by atoms with Gasteiger partial charge in [0.1, 0.15) is 5.82 Å². The fourth-order valence-corrected chi connectivity index (χ4v) is 2.31. The van der Waals surface area contributed by atoms with Crippen LogP contribution < -0.4 is 5.32 Å². The highest BCUT2D eigenvalue weighted by atomic mass is 35.5. The molecule has 3 heteroatoms. The van der Waals surface area contributed by atoms with E-state index >= 15 is 0 Å². The minimum Gasteiger partial charge on any atom is -0.312 e. The molecule has 0 amide bonds. The van der Waals surface area contributed by atoms with Crippen LogP contribution in [0.25, 0.3) is 0 Å². The van der Waals surface area contributed by atoms with Crippen molar-refractivity contribution in [2.45, 2.75) is 53.5 Å². The van der Waals surface area contributed by atoms with Crippen LogP contribution in [0.5, 0.6) is 0 Å². The van der Waals surface area contributed by atoms with Crippen LogP contribution in [0.3, 0.4) is 0 Å². The van der Waals surface area contributed by atoms with Crippen molar-refractivity contribution in [2.75, 3.05) is 6.54 Å². The first-order valence-corrected chi connectivity index (χ1v) is 7.56. The second-order valence-corrected chi connectivity index (χ2v) is 8.04. The van der Waals surface area contributed by atoms with Crippen LogP contribution in [0.1, 0.15) is 47.1 Å². The lowest BCUT2D eigenvalue weighted by atomic mass is 9.77. The van der Waals surface area contributed by atoms with E-state index in [-0.39, 0.29) is 16.8 Å². The molecule has 0 aliphatic carbocycles. The van der Waals surface area contributed by atoms with Gasteiger partial charge >= 0.3 is 0 Å². The molecule has 0 saturated heterocycles. The van der Waals surface area contributed by atoms with Gasteiger partial charge in [0.25, 0.3) is 0 Å². The van der Waals surface area contributed by atoms with Gasteiger partial charge in [-0.15, -0.1) is 0 Å². The molecular weight excluding hydrogens is 273 g/mol. The molecule has 0 saturated carbocycles. The van der Waals surface area contributed by atoms with Crippen LogP contribution in [0, 0.1) is 17.2 Å². The Hall–Kier alpha value is -0.600. The molecule has 1 aromatic rings. The molecule has 20 heavy (non-hydrogen) atoms. The Bertz CT molecular complexity index is 443. The van der Waals surface area contributed by atoms with E-state index in [0.29, 0.717) is 10.9 Å². The topological polar surface area (TPSA) is 12.0 Å². The summed E-state index contributed by atoms with van der Waals surface area (Å²) in [6.07, 6.45) is 0.853. The van der Waals surface area contributed by atoms with E-state index in [0.717, 1.165) is 18.5 Å². The fraction of sp³-hybridized carbons (Fsp3) is 0.647. The molecule has 0 fully saturated rings. The average Bonchev–Trinajstić information content (AvgIpc) is 2.23. The zero-order valence-electron chi connectivity index (χ0n) is 13.5. The van der Waals surface area contributed by atoms with Crippen molar-refractivity contribution < 1.29 is 4.39 Å². The Labute approximate surface area is 127 Å². The highest BCUT2D eigenvalue weighted by Gasteiger charge is 2.26. The maximum atomic E-state index is 13.1. The van der Waals surface area contributed by atoms with E-state index in [1.54, 1.807) is 6.07 Å². The van der Waals surface area contributed by atoms with Gasteiger partial charge in [-0.2, -0.15) is 0 Å². The Kier molecular flexibility index (Phi) is 5.62. The molecule has 1 aromatic carbocycles. The smallest absolute Gasteiger partial charge is 0.124 e. The van der Waals surface area contributed by atoms with Crippen molar-refractivity contribution >= 4 is 11.6 Å². The molecule has 1 N–H and O–H groups in total. The van der Waals surface area contributed by atoms with Gasteiger partial charge in [-0.1, -0.05) is 38.4 Å². The molecule has 0 heterocycles. The largest absolute Gasteiger partial charge is 0.312 e. The first kappa shape index (κ1) is 17.5. The van der Waals surface area contributed by atoms with E-state index in [2.05, 4.69) is 46.9 Å². The molecule has 0 spiro atoms. The molecule has 1 atom stereocenters. The van der Waals surface area contributed by atoms with Crippen LogP contribution in [0.2, 0.25) is 5.02 Å². The summed E-state index contributed by atoms with van der Waals surface area (Å²) < 4.78 is 13.1. The maximum absolute atomic E-state index is 13.1. The highest BCUT2D eigenvalue weighted by Crippen LogP contribution is 2.31. The molecule has 1 rings (SSSR count). The first-order chi connectivity index (χ1) is 8.99. The van der Waals surface area contributed by atoms with E-state index in [4.69, 9.17) is 11.6 Å². The minimum absolute atomic E-state index is 0.0933. The monoisotopic (exact) mass is 299 g/mol. The lowest BCUT2D eigenvalue weighted by Gasteiger charge is -2.34. The van der Waals surface area contributed by atoms with Gasteiger partial charge in [-0.3, -0.25) is 0 Å². The lowest BCUT2D eigenvalue weighted by molar-refractivity contribution is 0.214. The Balaban J connectivity index is 2.85. The Morgan fingerprint density at radius 1 is 1.15 bits per heavy atom. The molecule has 0 bridgehead atoms. The first-order valence-electron chi connectivity index (χ1n) is 7.18. The summed E-state index contributed by atoms with van der Waals surface area (Å²) >= 11 is 6.15. The van der Waals surface area contributed by atoms with E-state index in [1.807, 2.05) is 0 Å². The zero-order valence-corrected chi connectivity index (χ0v) is 14.2. The van der Waals surface area contributed by atoms with Crippen molar-refractivity contribution in [3.05, 3.63) is 34.6 Å². The second-order valence-electron chi connectivity index (χ2n) is 7.63. The van der Waals surface area contributed by atoms with E-state index < -0.39 is 0 Å². The fourth-order valence-electron chi connectivity index (χ4n) is 2.07. The SMILES string of the molecule is CC(C)(C)NCC(Cc1ccc(F)cc1Cl)C(C)(C)C. The minimum atomic E-state index is -0.279. The highest BCUT2D eigenvalue weighted by molar-refractivity contribution is 6.31. The average molecular weight is 300 g/mol. The summed E-state index contributed by atoms with van der Waals surface area (Å²) in [7, 11) is 0. The lowest BCUT2D eigenvalue weighted by Crippen LogP contribution is -2.42. The van der Waals surface area contributed by atoms with Crippen molar-refractivity contribution in [1.82, 2.24) is 5.32 Å². The number of hydrogen-bond donors (Lipinski definition) is 1. The Morgan fingerprint density at radius 3 is 2.20 bits per heavy atom. The van der Waals surface area contributed by atoms with Crippen LogP contribution in [0.4, 0.5) is 4.39 Å². The standard InChI is InChI=1S/C17H27ClFN/c1-16(2,3)13(11-20-17(4,5)6)9-12-7-8-14(19)10-15(12)18/h7-8,10,13,20H,9,11H2,1-6H3. The van der Waals surface area contributed by atoms with Crippen LogP contribution >= 0.6 is 11.6 Å². The predicted octanol–water partition coefficient (Wildman–Crippen LogP) is 5.07. The van der Waals surface area contributed by atoms with E-state index in [1.165, 1.54) is 12.1 Å². The van der Waals surface area contributed by atoms with Crippen molar-refractivity contribution in [2.24, 2.45) is 11.3 Å². The zero-order chi connectivity index (χ0) is 15.6. The second kappa shape index (κ2) is 6.44. The molecule has 0 aliphatic heterocycles. The summed E-state index contributed by atoms with van der Waals surface area (Å²) in [5.41, 5.74) is 1.27. The molecular formula is C17H27ClFN. The molecule has 114 valence electrons. The number of rotatable bonds is 4. The van der Waals surface area contributed by atoms with Gasteiger partial charge in [0.2, 0.25) is 0 Å². The molecule has 1 nitrogen and oxygen atoms in total. The van der Waals surface area contributed by atoms with Crippen molar-refractivity contribution in [3.63, 3.8) is 0 Å². The predicted molar refractivity (Wildman–Crippen MR) is 85.8 cm³/mol. The van der Waals surface area contributed by atoms with Crippen molar-refractivity contribution in [1.29, 1.82) is 0 Å². The molecule has 0 aliphatic rings. The normalized spacial score (nSPS) is 14.4. The van der Waals surface area contributed by atoms with Crippen LogP contribution in [-0.2, 0) is 6.42 Å². The van der Waals surface area contributed by atoms with Crippen LogP contribution in [0.15, 0.2) is 18.2 Å². The summed E-state index contributed by atoms with van der Waals surface area (Å²) in [4.78, 5) is 0. The number of hydrogen-bond acceptors (Lipinski definition) is 1. The summed E-state index contributed by atoms with van der Waals surface area (Å²) in [6.45, 7) is 14.1. The Morgan fingerprint density at radius 2 is 1.75 bits per heavy atom. The van der Waals surface area contributed by atoms with E-state index in [9.17, 15) is 4.39 Å². The third-order valence-electron chi connectivity index (χ3n) is 3.58. The molecule has 1 unspecified atom stereocenters. The summed E-state index contributed by atoms with van der Waals surface area (Å²) in [5, 5.41) is 4.09. The van der Waals surface area contributed by atoms with Gasteiger partial charge in [-0.05, 0) is 62.8 Å². The number of benzene rings is 1. The van der Waals surface area contributed by atoms with Gasteiger partial charge in [0.05, 0.1) is 0 Å². The third kappa shape index (κ3) is 5.80. The third-order valence-corrected chi connectivity index (χ3v) is 3.94. The van der Waals surface area contributed by atoms with Crippen LogP contribution in [-0.4, -0.2) is 12.1 Å². The number of nitrogens with one attached hydrogen (secondary N) is 1. The van der Waals surface area contributed by atoms with Gasteiger partial charge in [0, 0.05) is 10.6 Å². The van der Waals surface area contributed by atoms with Crippen molar-refractivity contribution in [3.8, 4) is 0 Å². The molecule has 0 radical (unpaired) electrons. The van der Waals surface area contributed by atoms with Gasteiger partial charge < -0.3 is 5.32 Å².